The van der Waals surface area contributed by atoms with Crippen LogP contribution in [0.5, 0.6) is 0 Å². The minimum Gasteiger partial charge on any atom is -0.392 e. The molecule has 1 atom stereocenters. The second kappa shape index (κ2) is 7.33. The van der Waals surface area contributed by atoms with Gasteiger partial charge in [-0.1, -0.05) is 61.8 Å². The molecule has 0 bridgehead atoms. The van der Waals surface area contributed by atoms with Gasteiger partial charge in [0.25, 0.3) is 0 Å². The first kappa shape index (κ1) is 16.4. The highest BCUT2D eigenvalue weighted by Gasteiger charge is 2.25. The summed E-state index contributed by atoms with van der Waals surface area (Å²) in [6.07, 6.45) is 5.44. The first-order valence-electron chi connectivity index (χ1n) is 7.32. The number of hydrogen-bond donors (Lipinski definition) is 2. The molecule has 0 amide bonds. The maximum atomic E-state index is 12.4. The minimum absolute atomic E-state index is 0.147. The summed E-state index contributed by atoms with van der Waals surface area (Å²) in [6, 6.07) is 8.58. The number of hydrogen-bond acceptors (Lipinski definition) is 3. The molecule has 3 N–H and O–H groups in total. The van der Waals surface area contributed by atoms with Crippen LogP contribution in [-0.4, -0.2) is 19.2 Å². The molecule has 1 aliphatic rings. The third-order valence-corrected chi connectivity index (χ3v) is 5.64. The molecule has 116 valence electrons. The Morgan fingerprint density at radius 1 is 1.24 bits per heavy atom. The number of benzene rings is 1. The molecule has 0 heterocycles. The summed E-state index contributed by atoms with van der Waals surface area (Å²) in [5.74, 6) is 0.415. The van der Waals surface area contributed by atoms with Crippen molar-refractivity contribution in [3.05, 3.63) is 35.9 Å². The van der Waals surface area contributed by atoms with E-state index in [0.29, 0.717) is 0 Å². The average Bonchev–Trinajstić information content (AvgIpc) is 2.46. The van der Waals surface area contributed by atoms with Crippen molar-refractivity contribution >= 4 is 27.2 Å². The fourth-order valence-corrected chi connectivity index (χ4v) is 4.77. The molecular weight excluding hydrogens is 304 g/mol. The lowest BCUT2D eigenvalue weighted by Crippen LogP contribution is -2.39. The van der Waals surface area contributed by atoms with Crippen molar-refractivity contribution in [3.63, 3.8) is 0 Å². The molecule has 2 rings (SSSR count). The molecule has 1 aromatic rings. The zero-order chi connectivity index (χ0) is 15.3. The van der Waals surface area contributed by atoms with E-state index in [1.165, 1.54) is 6.42 Å². The lowest BCUT2D eigenvalue weighted by Gasteiger charge is -2.23. The lowest BCUT2D eigenvalue weighted by atomic mass is 9.91. The maximum Gasteiger partial charge on any atom is 0.212 e. The third kappa shape index (κ3) is 5.05. The maximum absolute atomic E-state index is 12.4. The van der Waals surface area contributed by atoms with Crippen molar-refractivity contribution in [2.24, 2.45) is 11.7 Å². The normalized spacial score (nSPS) is 18.3. The number of thiocarbonyl (C=S) groups is 1. The smallest absolute Gasteiger partial charge is 0.212 e. The molecule has 21 heavy (non-hydrogen) atoms. The molecule has 0 saturated heterocycles. The van der Waals surface area contributed by atoms with E-state index in [-0.39, 0.29) is 16.7 Å². The summed E-state index contributed by atoms with van der Waals surface area (Å²) in [6.45, 7) is 0. The summed E-state index contributed by atoms with van der Waals surface area (Å²) in [4.78, 5) is 0.147. The first-order valence-corrected chi connectivity index (χ1v) is 9.38. The Morgan fingerprint density at radius 3 is 2.43 bits per heavy atom. The van der Waals surface area contributed by atoms with Crippen LogP contribution in [0.2, 0.25) is 0 Å². The standard InChI is InChI=1S/C15H22N2O2S2/c16-15(20)14(13-9-5-2-6-10-13)17-21(18,19)11-12-7-3-1-4-8-12/h2,5-6,9-10,12,14,17H,1,3-4,7-8,11H2,(H2,16,20). The van der Waals surface area contributed by atoms with Crippen LogP contribution in [0, 0.1) is 5.92 Å². The predicted molar refractivity (Wildman–Crippen MR) is 89.5 cm³/mol. The van der Waals surface area contributed by atoms with Crippen LogP contribution >= 0.6 is 12.2 Å². The van der Waals surface area contributed by atoms with Crippen LogP contribution in [0.3, 0.4) is 0 Å². The second-order valence-electron chi connectivity index (χ2n) is 5.65. The van der Waals surface area contributed by atoms with Crippen molar-refractivity contribution in [3.8, 4) is 0 Å². The van der Waals surface area contributed by atoms with Crippen LogP contribution in [0.15, 0.2) is 30.3 Å². The average molecular weight is 326 g/mol. The Labute approximate surface area is 132 Å². The van der Waals surface area contributed by atoms with Gasteiger partial charge in [-0.15, -0.1) is 0 Å². The van der Waals surface area contributed by atoms with E-state index in [0.717, 1.165) is 31.2 Å². The van der Waals surface area contributed by atoms with Crippen molar-refractivity contribution in [1.29, 1.82) is 0 Å². The second-order valence-corrected chi connectivity index (χ2v) is 7.92. The summed E-state index contributed by atoms with van der Waals surface area (Å²) in [7, 11) is -3.39. The predicted octanol–water partition coefficient (Wildman–Crippen LogP) is 2.51. The van der Waals surface area contributed by atoms with Gasteiger partial charge in [-0.3, -0.25) is 0 Å². The Hall–Kier alpha value is -0.980. The lowest BCUT2D eigenvalue weighted by molar-refractivity contribution is 0.383. The number of nitrogens with one attached hydrogen (secondary N) is 1. The molecule has 6 heteroatoms. The fraction of sp³-hybridized carbons (Fsp3) is 0.533. The molecule has 1 unspecified atom stereocenters. The van der Waals surface area contributed by atoms with Gasteiger partial charge >= 0.3 is 0 Å². The number of nitrogens with two attached hydrogens (primary N) is 1. The van der Waals surface area contributed by atoms with E-state index < -0.39 is 16.1 Å². The molecule has 0 aliphatic heterocycles. The molecule has 1 saturated carbocycles. The van der Waals surface area contributed by atoms with Crippen molar-refractivity contribution < 1.29 is 8.42 Å². The van der Waals surface area contributed by atoms with Crippen molar-refractivity contribution in [2.45, 2.75) is 38.1 Å². The van der Waals surface area contributed by atoms with E-state index in [9.17, 15) is 8.42 Å². The minimum atomic E-state index is -3.39. The van der Waals surface area contributed by atoms with Gasteiger partial charge in [0.15, 0.2) is 0 Å². The largest absolute Gasteiger partial charge is 0.392 e. The van der Waals surface area contributed by atoms with E-state index in [2.05, 4.69) is 4.72 Å². The van der Waals surface area contributed by atoms with Crippen LogP contribution in [-0.2, 0) is 10.0 Å². The van der Waals surface area contributed by atoms with Gasteiger partial charge in [0, 0.05) is 0 Å². The summed E-state index contributed by atoms with van der Waals surface area (Å²) >= 11 is 5.02. The molecule has 1 fully saturated rings. The Morgan fingerprint density at radius 2 is 1.86 bits per heavy atom. The molecule has 0 radical (unpaired) electrons. The van der Waals surface area contributed by atoms with Crippen molar-refractivity contribution in [1.82, 2.24) is 4.72 Å². The number of sulfonamides is 1. The fourth-order valence-electron chi connectivity index (χ4n) is 2.83. The SMILES string of the molecule is NC(=S)C(NS(=O)(=O)CC1CCCCC1)c1ccccc1. The molecular formula is C15H22N2O2S2. The van der Waals surface area contributed by atoms with Gasteiger partial charge in [-0.2, -0.15) is 0 Å². The quantitative estimate of drug-likeness (QED) is 0.788. The summed E-state index contributed by atoms with van der Waals surface area (Å²) in [5.41, 5.74) is 6.49. The molecule has 1 aromatic carbocycles. The van der Waals surface area contributed by atoms with Gasteiger partial charge in [-0.05, 0) is 24.3 Å². The van der Waals surface area contributed by atoms with Crippen molar-refractivity contribution in [2.75, 3.05) is 5.75 Å². The van der Waals surface area contributed by atoms with E-state index in [1.807, 2.05) is 30.3 Å². The van der Waals surface area contributed by atoms with E-state index in [4.69, 9.17) is 18.0 Å². The van der Waals surface area contributed by atoms with E-state index >= 15 is 0 Å². The highest BCUT2D eigenvalue weighted by Crippen LogP contribution is 2.25. The van der Waals surface area contributed by atoms with Crippen LogP contribution < -0.4 is 10.5 Å². The van der Waals surface area contributed by atoms with Gasteiger partial charge in [0.2, 0.25) is 10.0 Å². The Balaban J connectivity index is 2.07. The zero-order valence-corrected chi connectivity index (χ0v) is 13.6. The molecule has 0 spiro atoms. The summed E-state index contributed by atoms with van der Waals surface area (Å²) in [5, 5.41) is 0. The zero-order valence-electron chi connectivity index (χ0n) is 12.0. The Bertz CT molecular complexity index is 567. The third-order valence-electron chi connectivity index (χ3n) is 3.89. The Kier molecular flexibility index (Phi) is 5.72. The van der Waals surface area contributed by atoms with Crippen LogP contribution in [0.25, 0.3) is 0 Å². The highest BCUT2D eigenvalue weighted by molar-refractivity contribution is 7.89. The number of rotatable bonds is 6. The van der Waals surface area contributed by atoms with Gasteiger partial charge in [0.05, 0.1) is 16.8 Å². The molecule has 0 aromatic heterocycles. The van der Waals surface area contributed by atoms with E-state index in [1.54, 1.807) is 0 Å². The van der Waals surface area contributed by atoms with Gasteiger partial charge in [0.1, 0.15) is 0 Å². The monoisotopic (exact) mass is 326 g/mol. The first-order chi connectivity index (χ1) is 9.98. The van der Waals surface area contributed by atoms with Crippen LogP contribution in [0.1, 0.15) is 43.7 Å². The topological polar surface area (TPSA) is 72.2 Å². The van der Waals surface area contributed by atoms with Crippen LogP contribution in [0.4, 0.5) is 0 Å². The highest BCUT2D eigenvalue weighted by atomic mass is 32.2. The molecule has 1 aliphatic carbocycles. The molecule has 4 nitrogen and oxygen atoms in total. The summed E-state index contributed by atoms with van der Waals surface area (Å²) < 4.78 is 27.4. The van der Waals surface area contributed by atoms with Gasteiger partial charge < -0.3 is 5.73 Å². The van der Waals surface area contributed by atoms with Gasteiger partial charge in [-0.25, -0.2) is 13.1 Å².